The Morgan fingerprint density at radius 2 is 2.08 bits per heavy atom. The van der Waals surface area contributed by atoms with Gasteiger partial charge in [0.25, 0.3) is 0 Å². The van der Waals surface area contributed by atoms with Crippen LogP contribution in [0.4, 0.5) is 0 Å². The van der Waals surface area contributed by atoms with Crippen molar-refractivity contribution in [3.05, 3.63) is 0 Å². The summed E-state index contributed by atoms with van der Waals surface area (Å²) in [5, 5.41) is 5.81. The topological polar surface area (TPSA) is 58.2 Å². The molecule has 2 aliphatic heterocycles. The number of rotatable bonds is 0. The van der Waals surface area contributed by atoms with Crippen LogP contribution >= 0.6 is 0 Å². The van der Waals surface area contributed by atoms with Gasteiger partial charge in [0, 0.05) is 13.0 Å². The molecule has 2 aliphatic rings. The first-order valence-corrected chi connectivity index (χ1v) is 4.28. The van der Waals surface area contributed by atoms with Crippen molar-refractivity contribution in [2.45, 2.75) is 24.8 Å². The fraction of sp³-hybridized carbons (Fsp3) is 0.750. The molecule has 2 N–H and O–H groups in total. The summed E-state index contributed by atoms with van der Waals surface area (Å²) >= 11 is 0. The van der Waals surface area contributed by atoms with Crippen LogP contribution in [0.5, 0.6) is 0 Å². The van der Waals surface area contributed by atoms with Crippen molar-refractivity contribution in [3.63, 3.8) is 0 Å². The first-order chi connectivity index (χ1) is 5.73. The van der Waals surface area contributed by atoms with Gasteiger partial charge in [-0.1, -0.05) is 0 Å². The highest BCUT2D eigenvalue weighted by Crippen LogP contribution is 2.24. The third-order valence-corrected chi connectivity index (χ3v) is 2.73. The van der Waals surface area contributed by atoms with E-state index in [0.717, 1.165) is 13.0 Å². The van der Waals surface area contributed by atoms with E-state index in [0.29, 0.717) is 19.4 Å². The Morgan fingerprint density at radius 1 is 1.25 bits per heavy atom. The van der Waals surface area contributed by atoms with Crippen molar-refractivity contribution >= 4 is 11.7 Å². The van der Waals surface area contributed by atoms with Gasteiger partial charge in [-0.3, -0.25) is 14.9 Å². The average Bonchev–Trinajstić information content (AvgIpc) is 2.41. The maximum absolute atomic E-state index is 11.4. The van der Waals surface area contributed by atoms with E-state index < -0.39 is 5.54 Å². The molecular weight excluding hydrogens is 156 g/mol. The Labute approximate surface area is 70.7 Å². The lowest BCUT2D eigenvalue weighted by Gasteiger charge is -2.30. The number of ketones is 1. The quantitative estimate of drug-likeness (QED) is 0.497. The zero-order valence-electron chi connectivity index (χ0n) is 6.85. The van der Waals surface area contributed by atoms with Crippen LogP contribution in [0.1, 0.15) is 19.3 Å². The molecule has 2 rings (SSSR count). The van der Waals surface area contributed by atoms with Crippen LogP contribution in [-0.2, 0) is 9.59 Å². The van der Waals surface area contributed by atoms with Crippen LogP contribution in [0.25, 0.3) is 0 Å². The molecule has 0 aliphatic carbocycles. The van der Waals surface area contributed by atoms with E-state index in [-0.39, 0.29) is 11.7 Å². The second-order valence-electron chi connectivity index (χ2n) is 3.48. The van der Waals surface area contributed by atoms with Gasteiger partial charge in [-0.15, -0.1) is 0 Å². The largest absolute Gasteiger partial charge is 0.354 e. The monoisotopic (exact) mass is 168 g/mol. The Balaban J connectivity index is 2.12. The van der Waals surface area contributed by atoms with Crippen LogP contribution < -0.4 is 10.6 Å². The number of amides is 1. The number of Topliss-reactive ketones (excluding diaryl/α,β-unsaturated/α-hetero) is 1. The molecule has 0 aromatic heterocycles. The van der Waals surface area contributed by atoms with Crippen LogP contribution in [0.15, 0.2) is 0 Å². The number of hydrogen-bond acceptors (Lipinski definition) is 3. The van der Waals surface area contributed by atoms with Gasteiger partial charge in [0.2, 0.25) is 5.91 Å². The minimum atomic E-state index is -0.409. The molecule has 2 saturated heterocycles. The molecule has 1 unspecified atom stereocenters. The fourth-order valence-corrected chi connectivity index (χ4v) is 1.88. The zero-order chi connectivity index (χ0) is 8.60. The summed E-state index contributed by atoms with van der Waals surface area (Å²) in [5.41, 5.74) is -0.409. The molecule has 66 valence electrons. The number of carbonyl (C=O) groups is 2. The van der Waals surface area contributed by atoms with Crippen LogP contribution in [-0.4, -0.2) is 30.3 Å². The Hall–Kier alpha value is -0.900. The Kier molecular flexibility index (Phi) is 1.65. The van der Waals surface area contributed by atoms with Crippen LogP contribution in [0.2, 0.25) is 0 Å². The third kappa shape index (κ3) is 1.03. The van der Waals surface area contributed by atoms with E-state index in [2.05, 4.69) is 10.6 Å². The van der Waals surface area contributed by atoms with E-state index in [1.54, 1.807) is 0 Å². The van der Waals surface area contributed by atoms with Crippen LogP contribution in [0.3, 0.4) is 0 Å². The lowest BCUT2D eigenvalue weighted by Crippen LogP contribution is -2.55. The summed E-state index contributed by atoms with van der Waals surface area (Å²) in [7, 11) is 0. The van der Waals surface area contributed by atoms with Gasteiger partial charge in [-0.05, 0) is 12.8 Å². The third-order valence-electron chi connectivity index (χ3n) is 2.73. The van der Waals surface area contributed by atoms with Gasteiger partial charge in [0.15, 0.2) is 0 Å². The van der Waals surface area contributed by atoms with Gasteiger partial charge in [-0.25, -0.2) is 0 Å². The normalized spacial score (nSPS) is 35.7. The SMILES string of the molecule is O=C1CCC2(CCNC2=O)NC1. The molecule has 1 amide bonds. The molecule has 2 fully saturated rings. The Bertz CT molecular complexity index is 227. The standard InChI is InChI=1S/C8H12N2O2/c11-6-1-2-8(10-5-6)3-4-9-7(8)12/h10H,1-5H2,(H,9,12). The highest BCUT2D eigenvalue weighted by molar-refractivity contribution is 5.92. The molecular formula is C8H12N2O2. The van der Waals surface area contributed by atoms with Crippen molar-refractivity contribution in [1.82, 2.24) is 10.6 Å². The highest BCUT2D eigenvalue weighted by Gasteiger charge is 2.44. The molecule has 1 atom stereocenters. The molecule has 2 heterocycles. The predicted octanol–water partition coefficient (Wildman–Crippen LogP) is -0.802. The van der Waals surface area contributed by atoms with E-state index in [1.807, 2.05) is 0 Å². The van der Waals surface area contributed by atoms with Gasteiger partial charge >= 0.3 is 0 Å². The molecule has 0 aromatic rings. The van der Waals surface area contributed by atoms with Gasteiger partial charge in [0.1, 0.15) is 11.3 Å². The van der Waals surface area contributed by atoms with Crippen molar-refractivity contribution in [2.24, 2.45) is 0 Å². The maximum atomic E-state index is 11.4. The molecule has 0 radical (unpaired) electrons. The van der Waals surface area contributed by atoms with Crippen molar-refractivity contribution < 1.29 is 9.59 Å². The summed E-state index contributed by atoms with van der Waals surface area (Å²) in [4.78, 5) is 22.3. The maximum Gasteiger partial charge on any atom is 0.240 e. The minimum absolute atomic E-state index is 0.0648. The lowest BCUT2D eigenvalue weighted by molar-refractivity contribution is -0.128. The zero-order valence-corrected chi connectivity index (χ0v) is 6.85. The van der Waals surface area contributed by atoms with Gasteiger partial charge in [0.05, 0.1) is 6.54 Å². The summed E-state index contributed by atoms with van der Waals surface area (Å²) in [6.45, 7) is 1.09. The average molecular weight is 168 g/mol. The van der Waals surface area contributed by atoms with Crippen molar-refractivity contribution in [1.29, 1.82) is 0 Å². The van der Waals surface area contributed by atoms with E-state index >= 15 is 0 Å². The van der Waals surface area contributed by atoms with Gasteiger partial charge in [-0.2, -0.15) is 0 Å². The summed E-state index contributed by atoms with van der Waals surface area (Å²) < 4.78 is 0. The molecule has 4 heteroatoms. The number of piperidine rings is 1. The van der Waals surface area contributed by atoms with E-state index in [4.69, 9.17) is 0 Å². The molecule has 0 bridgehead atoms. The highest BCUT2D eigenvalue weighted by atomic mass is 16.2. The van der Waals surface area contributed by atoms with Crippen molar-refractivity contribution in [2.75, 3.05) is 13.1 Å². The first-order valence-electron chi connectivity index (χ1n) is 4.28. The van der Waals surface area contributed by atoms with E-state index in [9.17, 15) is 9.59 Å². The van der Waals surface area contributed by atoms with E-state index in [1.165, 1.54) is 0 Å². The number of carbonyl (C=O) groups excluding carboxylic acids is 2. The summed E-state index contributed by atoms with van der Waals surface area (Å²) in [6.07, 6.45) is 2.02. The lowest BCUT2D eigenvalue weighted by atomic mass is 9.87. The van der Waals surface area contributed by atoms with Gasteiger partial charge < -0.3 is 5.32 Å². The molecule has 0 aromatic carbocycles. The minimum Gasteiger partial charge on any atom is -0.354 e. The van der Waals surface area contributed by atoms with Crippen molar-refractivity contribution in [3.8, 4) is 0 Å². The summed E-state index contributed by atoms with van der Waals surface area (Å²) in [6, 6.07) is 0. The van der Waals surface area contributed by atoms with Crippen LogP contribution in [0, 0.1) is 0 Å². The smallest absolute Gasteiger partial charge is 0.240 e. The summed E-state index contributed by atoms with van der Waals surface area (Å²) in [5.74, 6) is 0.273. The molecule has 1 spiro atoms. The molecule has 0 saturated carbocycles. The predicted molar refractivity (Wildman–Crippen MR) is 42.6 cm³/mol. The molecule has 12 heavy (non-hydrogen) atoms. The fourth-order valence-electron chi connectivity index (χ4n) is 1.88. The Morgan fingerprint density at radius 3 is 2.58 bits per heavy atom. The second-order valence-corrected chi connectivity index (χ2v) is 3.48. The number of nitrogens with one attached hydrogen (secondary N) is 2. The molecule has 4 nitrogen and oxygen atoms in total. The first kappa shape index (κ1) is 7.73. The second kappa shape index (κ2) is 2.55. The number of hydrogen-bond donors (Lipinski definition) is 2.